The van der Waals surface area contributed by atoms with Crippen molar-refractivity contribution in [1.82, 2.24) is 5.32 Å². The molecule has 0 aliphatic heterocycles. The van der Waals surface area contributed by atoms with Crippen molar-refractivity contribution in [3.8, 4) is 0 Å². The molecule has 0 bridgehead atoms. The predicted molar refractivity (Wildman–Crippen MR) is 60.7 cm³/mol. The average Bonchev–Trinajstić information content (AvgIpc) is 2.92. The second-order valence-corrected chi connectivity index (χ2v) is 5.12. The normalized spacial score (nSPS) is 16.8. The van der Waals surface area contributed by atoms with Crippen LogP contribution < -0.4 is 5.32 Å². The summed E-state index contributed by atoms with van der Waals surface area (Å²) in [5.74, 6) is -0.976. The largest absolute Gasteiger partial charge is 0.481 e. The molecule has 1 saturated carbocycles. The highest BCUT2D eigenvalue weighted by Gasteiger charge is 2.50. The quantitative estimate of drug-likeness (QED) is 0.839. The molecule has 1 aromatic heterocycles. The second-order valence-electron chi connectivity index (χ2n) is 4.20. The minimum Gasteiger partial charge on any atom is -0.481 e. The first kappa shape index (κ1) is 11.1. The summed E-state index contributed by atoms with van der Waals surface area (Å²) in [4.78, 5) is 23.3. The van der Waals surface area contributed by atoms with Crippen molar-refractivity contribution < 1.29 is 14.7 Å². The van der Waals surface area contributed by atoms with Gasteiger partial charge in [0.15, 0.2) is 0 Å². The molecule has 0 aromatic carbocycles. The van der Waals surface area contributed by atoms with Gasteiger partial charge in [-0.05, 0) is 36.8 Å². The molecule has 1 aliphatic rings. The van der Waals surface area contributed by atoms with E-state index in [1.807, 2.05) is 18.4 Å². The van der Waals surface area contributed by atoms with Gasteiger partial charge in [0.05, 0.1) is 10.3 Å². The highest BCUT2D eigenvalue weighted by molar-refractivity contribution is 7.12. The van der Waals surface area contributed by atoms with Crippen molar-refractivity contribution in [1.29, 1.82) is 0 Å². The fraction of sp³-hybridized carbons (Fsp3) is 0.455. The summed E-state index contributed by atoms with van der Waals surface area (Å²) in [7, 11) is 0. The molecule has 0 atom stereocenters. The third-order valence-corrected chi connectivity index (χ3v) is 3.98. The third-order valence-electron chi connectivity index (χ3n) is 2.96. The lowest BCUT2D eigenvalue weighted by Gasteiger charge is -2.10. The molecule has 1 aliphatic carbocycles. The van der Waals surface area contributed by atoms with Crippen molar-refractivity contribution in [2.24, 2.45) is 5.41 Å². The van der Waals surface area contributed by atoms with E-state index in [1.165, 1.54) is 11.3 Å². The van der Waals surface area contributed by atoms with Crippen LogP contribution in [-0.2, 0) is 4.79 Å². The Bertz CT molecular complexity index is 434. The van der Waals surface area contributed by atoms with Gasteiger partial charge in [-0.3, -0.25) is 9.59 Å². The molecule has 1 aromatic rings. The summed E-state index contributed by atoms with van der Waals surface area (Å²) in [6.45, 7) is 2.11. The maximum Gasteiger partial charge on any atom is 0.311 e. The molecule has 16 heavy (non-hydrogen) atoms. The van der Waals surface area contributed by atoms with Gasteiger partial charge in [-0.15, -0.1) is 11.3 Å². The van der Waals surface area contributed by atoms with E-state index in [-0.39, 0.29) is 12.5 Å². The van der Waals surface area contributed by atoms with Gasteiger partial charge in [0.25, 0.3) is 5.91 Å². The molecule has 1 amide bonds. The predicted octanol–water partition coefficient (Wildman–Crippen LogP) is 1.65. The Hall–Kier alpha value is -1.36. The van der Waals surface area contributed by atoms with E-state index in [0.717, 1.165) is 5.56 Å². The Morgan fingerprint density at radius 3 is 2.69 bits per heavy atom. The zero-order valence-corrected chi connectivity index (χ0v) is 9.76. The summed E-state index contributed by atoms with van der Waals surface area (Å²) >= 11 is 1.38. The number of carbonyl (C=O) groups excluding carboxylic acids is 1. The van der Waals surface area contributed by atoms with Crippen LogP contribution in [0, 0.1) is 12.3 Å². The number of amides is 1. The molecule has 1 fully saturated rings. The van der Waals surface area contributed by atoms with Crippen LogP contribution in [0.25, 0.3) is 0 Å². The van der Waals surface area contributed by atoms with E-state index in [1.54, 1.807) is 0 Å². The smallest absolute Gasteiger partial charge is 0.311 e. The fourth-order valence-corrected chi connectivity index (χ4v) is 2.39. The first-order chi connectivity index (χ1) is 7.55. The van der Waals surface area contributed by atoms with Crippen LogP contribution >= 0.6 is 11.3 Å². The maximum absolute atomic E-state index is 11.7. The molecule has 0 radical (unpaired) electrons. The van der Waals surface area contributed by atoms with Crippen LogP contribution in [0.5, 0.6) is 0 Å². The summed E-state index contributed by atoms with van der Waals surface area (Å²) in [5.41, 5.74) is 0.239. The summed E-state index contributed by atoms with van der Waals surface area (Å²) < 4.78 is 0. The van der Waals surface area contributed by atoms with Crippen LogP contribution in [0.2, 0.25) is 0 Å². The molecule has 0 saturated heterocycles. The van der Waals surface area contributed by atoms with Crippen molar-refractivity contribution in [3.63, 3.8) is 0 Å². The second kappa shape index (κ2) is 3.90. The number of rotatable bonds is 4. The number of thiophene rings is 1. The van der Waals surface area contributed by atoms with E-state index in [4.69, 9.17) is 5.11 Å². The lowest BCUT2D eigenvalue weighted by molar-refractivity contribution is -0.143. The highest BCUT2D eigenvalue weighted by atomic mass is 32.1. The van der Waals surface area contributed by atoms with Crippen molar-refractivity contribution in [2.45, 2.75) is 19.8 Å². The number of carbonyl (C=O) groups is 2. The van der Waals surface area contributed by atoms with Gasteiger partial charge in [-0.2, -0.15) is 0 Å². The minimum absolute atomic E-state index is 0.167. The van der Waals surface area contributed by atoms with Crippen molar-refractivity contribution in [3.05, 3.63) is 21.9 Å². The van der Waals surface area contributed by atoms with E-state index in [0.29, 0.717) is 17.7 Å². The molecule has 5 heteroatoms. The molecule has 86 valence electrons. The van der Waals surface area contributed by atoms with Gasteiger partial charge in [0.2, 0.25) is 0 Å². The molecule has 1 heterocycles. The molecule has 2 rings (SSSR count). The Morgan fingerprint density at radius 1 is 1.56 bits per heavy atom. The van der Waals surface area contributed by atoms with E-state index >= 15 is 0 Å². The Morgan fingerprint density at radius 2 is 2.25 bits per heavy atom. The van der Waals surface area contributed by atoms with Crippen molar-refractivity contribution >= 4 is 23.2 Å². The Kier molecular flexibility index (Phi) is 2.71. The number of hydrogen-bond donors (Lipinski definition) is 2. The van der Waals surface area contributed by atoms with Crippen LogP contribution in [-0.4, -0.2) is 23.5 Å². The molecule has 0 unspecified atom stereocenters. The molecule has 0 spiro atoms. The summed E-state index contributed by atoms with van der Waals surface area (Å²) in [6, 6.07) is 1.88. The van der Waals surface area contributed by atoms with E-state index in [9.17, 15) is 9.59 Å². The fourth-order valence-electron chi connectivity index (χ4n) is 1.55. The summed E-state index contributed by atoms with van der Waals surface area (Å²) in [6.07, 6.45) is 1.32. The third kappa shape index (κ3) is 1.95. The highest BCUT2D eigenvalue weighted by Crippen LogP contribution is 2.45. The standard InChI is InChI=1S/C11H13NO3S/c1-7-2-5-16-8(7)9(13)12-6-11(3-4-11)10(14)15/h2,5H,3-4,6H2,1H3,(H,12,13)(H,14,15). The molecule has 2 N–H and O–H groups in total. The van der Waals surface area contributed by atoms with E-state index < -0.39 is 11.4 Å². The van der Waals surface area contributed by atoms with Crippen molar-refractivity contribution in [2.75, 3.05) is 6.54 Å². The molecular weight excluding hydrogens is 226 g/mol. The van der Waals surface area contributed by atoms with Gasteiger partial charge in [0.1, 0.15) is 0 Å². The topological polar surface area (TPSA) is 66.4 Å². The first-order valence-electron chi connectivity index (χ1n) is 5.11. The lowest BCUT2D eigenvalue weighted by atomic mass is 10.1. The van der Waals surface area contributed by atoms with Crippen LogP contribution in [0.1, 0.15) is 28.1 Å². The van der Waals surface area contributed by atoms with Crippen LogP contribution in [0.15, 0.2) is 11.4 Å². The number of aryl methyl sites for hydroxylation is 1. The van der Waals surface area contributed by atoms with Gasteiger partial charge in [0, 0.05) is 6.54 Å². The molecule has 4 nitrogen and oxygen atoms in total. The SMILES string of the molecule is Cc1ccsc1C(=O)NCC1(C(=O)O)CC1. The monoisotopic (exact) mass is 239 g/mol. The van der Waals surface area contributed by atoms with Crippen LogP contribution in [0.3, 0.4) is 0 Å². The zero-order valence-electron chi connectivity index (χ0n) is 8.95. The number of hydrogen-bond acceptors (Lipinski definition) is 3. The summed E-state index contributed by atoms with van der Waals surface area (Å²) in [5, 5.41) is 13.5. The Labute approximate surface area is 97.3 Å². The van der Waals surface area contributed by atoms with Crippen LogP contribution in [0.4, 0.5) is 0 Å². The molecular formula is C11H13NO3S. The number of carboxylic acid groups (broad SMARTS) is 1. The average molecular weight is 239 g/mol. The minimum atomic E-state index is -0.810. The number of aliphatic carboxylic acids is 1. The zero-order chi connectivity index (χ0) is 11.8. The van der Waals surface area contributed by atoms with Gasteiger partial charge in [-0.25, -0.2) is 0 Å². The van der Waals surface area contributed by atoms with Gasteiger partial charge in [-0.1, -0.05) is 0 Å². The van der Waals surface area contributed by atoms with Gasteiger partial charge >= 0.3 is 5.97 Å². The maximum atomic E-state index is 11.7. The van der Waals surface area contributed by atoms with E-state index in [2.05, 4.69) is 5.32 Å². The number of nitrogens with one attached hydrogen (secondary N) is 1. The number of carboxylic acids is 1. The van der Waals surface area contributed by atoms with Gasteiger partial charge < -0.3 is 10.4 Å². The lowest BCUT2D eigenvalue weighted by Crippen LogP contribution is -2.34. The first-order valence-corrected chi connectivity index (χ1v) is 5.99. The Balaban J connectivity index is 1.95.